The Morgan fingerprint density at radius 1 is 1.17 bits per heavy atom. The molecule has 3 heterocycles. The molecule has 116 valence electrons. The Balaban J connectivity index is 1.54. The third-order valence-electron chi connectivity index (χ3n) is 3.12. The molecule has 3 aromatic rings. The minimum atomic E-state index is -0.522. The summed E-state index contributed by atoms with van der Waals surface area (Å²) in [6.45, 7) is 1.89. The van der Waals surface area contributed by atoms with Crippen LogP contribution >= 0.6 is 0 Å². The minimum Gasteiger partial charge on any atom is -0.454 e. The summed E-state index contributed by atoms with van der Waals surface area (Å²) >= 11 is 0. The molecule has 23 heavy (non-hydrogen) atoms. The fourth-order valence-electron chi connectivity index (χ4n) is 2.05. The summed E-state index contributed by atoms with van der Waals surface area (Å²) in [5, 5.41) is 13.7. The van der Waals surface area contributed by atoms with E-state index in [1.807, 2.05) is 0 Å². The van der Waals surface area contributed by atoms with Crippen molar-refractivity contribution in [1.82, 2.24) is 15.4 Å². The molecular formula is C14H10N4O5. The molecule has 0 fully saturated rings. The third kappa shape index (κ3) is 2.48. The van der Waals surface area contributed by atoms with Crippen molar-refractivity contribution in [3.05, 3.63) is 35.7 Å². The first-order valence-electron chi connectivity index (χ1n) is 6.67. The van der Waals surface area contributed by atoms with Crippen molar-refractivity contribution in [3.8, 4) is 23.0 Å². The number of rotatable bonds is 3. The van der Waals surface area contributed by atoms with E-state index in [9.17, 15) is 4.79 Å². The van der Waals surface area contributed by atoms with Gasteiger partial charge in [-0.3, -0.25) is 10.1 Å². The van der Waals surface area contributed by atoms with Crippen LogP contribution in [0.1, 0.15) is 16.2 Å². The van der Waals surface area contributed by atoms with Crippen LogP contribution in [-0.2, 0) is 0 Å². The Morgan fingerprint density at radius 3 is 2.87 bits per heavy atom. The van der Waals surface area contributed by atoms with E-state index in [2.05, 4.69) is 20.7 Å². The Labute approximate surface area is 129 Å². The summed E-state index contributed by atoms with van der Waals surface area (Å²) in [6.07, 6.45) is 0. The number of ether oxygens (including phenoxy) is 2. The number of benzene rings is 1. The maximum Gasteiger partial charge on any atom is 0.322 e. The summed E-state index contributed by atoms with van der Waals surface area (Å²) in [4.78, 5) is 11.9. The van der Waals surface area contributed by atoms with Gasteiger partial charge in [0.15, 0.2) is 11.5 Å². The molecule has 9 heteroatoms. The molecule has 1 amide bonds. The molecule has 1 aliphatic rings. The summed E-state index contributed by atoms with van der Waals surface area (Å²) in [5.74, 6) is 1.04. The van der Waals surface area contributed by atoms with E-state index >= 15 is 0 Å². The molecule has 1 aromatic carbocycles. The van der Waals surface area contributed by atoms with Crippen molar-refractivity contribution in [2.24, 2.45) is 0 Å². The Hall–Kier alpha value is -3.36. The number of aromatic nitrogens is 3. The van der Waals surface area contributed by atoms with Gasteiger partial charge in [0.05, 0.1) is 5.69 Å². The van der Waals surface area contributed by atoms with Crippen molar-refractivity contribution >= 4 is 11.9 Å². The normalized spacial score (nSPS) is 12.4. The molecule has 0 saturated carbocycles. The number of anilines is 1. The molecule has 0 aliphatic carbocycles. The van der Waals surface area contributed by atoms with Crippen LogP contribution in [-0.4, -0.2) is 28.1 Å². The van der Waals surface area contributed by atoms with Crippen LogP contribution in [0.15, 0.2) is 33.2 Å². The second kappa shape index (κ2) is 5.13. The van der Waals surface area contributed by atoms with Gasteiger partial charge < -0.3 is 18.4 Å². The average Bonchev–Trinajstić information content (AvgIpc) is 3.26. The van der Waals surface area contributed by atoms with Crippen molar-refractivity contribution in [2.75, 3.05) is 12.1 Å². The fraction of sp³-hybridized carbons (Fsp3) is 0.143. The van der Waals surface area contributed by atoms with Crippen molar-refractivity contribution in [1.29, 1.82) is 0 Å². The molecule has 0 unspecified atom stereocenters. The van der Waals surface area contributed by atoms with Crippen LogP contribution in [0, 0.1) is 6.92 Å². The molecule has 0 bridgehead atoms. The molecule has 9 nitrogen and oxygen atoms in total. The van der Waals surface area contributed by atoms with Crippen LogP contribution in [0.5, 0.6) is 11.5 Å². The first kappa shape index (κ1) is 13.3. The zero-order chi connectivity index (χ0) is 15.8. The third-order valence-corrected chi connectivity index (χ3v) is 3.12. The number of hydrogen-bond donors (Lipinski definition) is 1. The smallest absolute Gasteiger partial charge is 0.322 e. The van der Waals surface area contributed by atoms with Gasteiger partial charge in [0, 0.05) is 11.6 Å². The van der Waals surface area contributed by atoms with Gasteiger partial charge in [-0.05, 0) is 25.1 Å². The first-order valence-corrected chi connectivity index (χ1v) is 6.67. The van der Waals surface area contributed by atoms with Gasteiger partial charge in [-0.15, -0.1) is 5.10 Å². The number of aryl methyl sites for hydroxylation is 1. The number of nitrogens with zero attached hydrogens (tertiary/aromatic N) is 3. The average molecular weight is 314 g/mol. The highest BCUT2D eigenvalue weighted by molar-refractivity contribution is 6.00. The highest BCUT2D eigenvalue weighted by Gasteiger charge is 2.18. The molecule has 4 rings (SSSR count). The first-order chi connectivity index (χ1) is 11.2. The minimum absolute atomic E-state index is 0.0447. The number of hydrogen-bond acceptors (Lipinski definition) is 8. The van der Waals surface area contributed by atoms with Crippen molar-refractivity contribution in [3.63, 3.8) is 0 Å². The fourth-order valence-corrected chi connectivity index (χ4v) is 2.05. The van der Waals surface area contributed by atoms with Gasteiger partial charge >= 0.3 is 6.01 Å². The van der Waals surface area contributed by atoms with E-state index in [-0.39, 0.29) is 24.5 Å². The van der Waals surface area contributed by atoms with Gasteiger partial charge in [-0.1, -0.05) is 10.3 Å². The quantitative estimate of drug-likeness (QED) is 0.781. The van der Waals surface area contributed by atoms with Crippen LogP contribution in [0.2, 0.25) is 0 Å². The summed E-state index contributed by atoms with van der Waals surface area (Å²) in [6, 6.07) is 6.69. The molecule has 0 saturated heterocycles. The lowest BCUT2D eigenvalue weighted by Crippen LogP contribution is -2.11. The van der Waals surface area contributed by atoms with Crippen LogP contribution in [0.4, 0.5) is 6.01 Å². The molecule has 0 spiro atoms. The number of fused-ring (bicyclic) bond motifs is 1. The van der Waals surface area contributed by atoms with Gasteiger partial charge in [0.25, 0.3) is 5.91 Å². The lowest BCUT2D eigenvalue weighted by molar-refractivity contribution is 0.0985. The zero-order valence-corrected chi connectivity index (χ0v) is 11.9. The van der Waals surface area contributed by atoms with E-state index in [1.165, 1.54) is 6.07 Å². The molecular weight excluding hydrogens is 304 g/mol. The standard InChI is InChI=1S/C14H10N4O5/c1-7-4-11(23-18-7)12(19)15-14-17-16-13(22-14)8-2-3-9-10(5-8)21-6-20-9/h2-5H,6H2,1H3,(H,15,17,19). The maximum atomic E-state index is 11.9. The van der Waals surface area contributed by atoms with E-state index in [1.54, 1.807) is 25.1 Å². The predicted molar refractivity (Wildman–Crippen MR) is 75.1 cm³/mol. The highest BCUT2D eigenvalue weighted by atomic mass is 16.7. The van der Waals surface area contributed by atoms with Gasteiger partial charge in [-0.2, -0.15) is 0 Å². The number of carbonyl (C=O) groups excluding carboxylic acids is 1. The molecule has 2 aromatic heterocycles. The zero-order valence-electron chi connectivity index (χ0n) is 11.9. The maximum absolute atomic E-state index is 11.9. The Morgan fingerprint density at radius 2 is 2.04 bits per heavy atom. The Kier molecular flexibility index (Phi) is 2.97. The molecule has 1 aliphatic heterocycles. The van der Waals surface area contributed by atoms with E-state index in [4.69, 9.17) is 18.4 Å². The second-order valence-electron chi connectivity index (χ2n) is 4.77. The highest BCUT2D eigenvalue weighted by Crippen LogP contribution is 2.35. The van der Waals surface area contributed by atoms with E-state index in [0.717, 1.165) is 0 Å². The van der Waals surface area contributed by atoms with Crippen LogP contribution < -0.4 is 14.8 Å². The summed E-state index contributed by atoms with van der Waals surface area (Å²) in [5.41, 5.74) is 1.25. The summed E-state index contributed by atoms with van der Waals surface area (Å²) < 4.78 is 20.8. The number of nitrogens with one attached hydrogen (secondary N) is 1. The van der Waals surface area contributed by atoms with Gasteiger partial charge in [-0.25, -0.2) is 0 Å². The predicted octanol–water partition coefficient (Wildman–Crippen LogP) is 2.01. The van der Waals surface area contributed by atoms with E-state index in [0.29, 0.717) is 22.8 Å². The van der Waals surface area contributed by atoms with Gasteiger partial charge in [0.1, 0.15) is 0 Å². The molecule has 0 atom stereocenters. The monoisotopic (exact) mass is 314 g/mol. The summed E-state index contributed by atoms with van der Waals surface area (Å²) in [7, 11) is 0. The second-order valence-corrected chi connectivity index (χ2v) is 4.77. The number of amides is 1. The van der Waals surface area contributed by atoms with Crippen LogP contribution in [0.25, 0.3) is 11.5 Å². The topological polar surface area (TPSA) is 113 Å². The Bertz CT molecular complexity index is 885. The molecule has 1 N–H and O–H groups in total. The number of carbonyl (C=O) groups is 1. The lowest BCUT2D eigenvalue weighted by atomic mass is 10.2. The van der Waals surface area contributed by atoms with Gasteiger partial charge in [0.2, 0.25) is 18.4 Å². The van der Waals surface area contributed by atoms with Crippen molar-refractivity contribution < 1.29 is 23.2 Å². The lowest BCUT2D eigenvalue weighted by Gasteiger charge is -1.98. The van der Waals surface area contributed by atoms with Crippen LogP contribution in [0.3, 0.4) is 0 Å². The molecule has 0 radical (unpaired) electrons. The van der Waals surface area contributed by atoms with Crippen molar-refractivity contribution in [2.45, 2.75) is 6.92 Å². The van der Waals surface area contributed by atoms with E-state index < -0.39 is 5.91 Å². The SMILES string of the molecule is Cc1cc(C(=O)Nc2nnc(-c3ccc4c(c3)OCO4)o2)on1. The largest absolute Gasteiger partial charge is 0.454 e.